The van der Waals surface area contributed by atoms with E-state index in [1.807, 2.05) is 0 Å². The molecule has 0 bridgehead atoms. The second-order valence-electron chi connectivity index (χ2n) is 3.80. The Labute approximate surface area is 131 Å². The summed E-state index contributed by atoms with van der Waals surface area (Å²) in [6.07, 6.45) is 0. The van der Waals surface area contributed by atoms with Gasteiger partial charge in [0, 0.05) is 6.07 Å². The molecule has 5 nitrogen and oxygen atoms in total. The molecule has 0 unspecified atom stereocenters. The Bertz CT molecular complexity index is 777. The number of halogens is 3. The molecule has 0 aliphatic heterocycles. The van der Waals surface area contributed by atoms with Crippen molar-refractivity contribution in [3.63, 3.8) is 0 Å². The van der Waals surface area contributed by atoms with Crippen LogP contribution in [-0.4, -0.2) is 4.92 Å². The van der Waals surface area contributed by atoms with Gasteiger partial charge >= 0.3 is 5.69 Å². The van der Waals surface area contributed by atoms with E-state index >= 15 is 0 Å². The average molecular weight is 372 g/mol. The van der Waals surface area contributed by atoms with Crippen molar-refractivity contribution in [2.75, 3.05) is 0 Å². The molecule has 0 aliphatic rings. The van der Waals surface area contributed by atoms with Crippen LogP contribution in [0, 0.1) is 27.3 Å². The number of nitro groups is 1. The molecular weight excluding hydrogens is 367 g/mol. The molecule has 0 amide bonds. The molecular formula is C13H5BrClFN2O3. The fraction of sp³-hybridized carbons (Fsp3) is 0. The van der Waals surface area contributed by atoms with Crippen LogP contribution in [0.15, 0.2) is 34.8 Å². The topological polar surface area (TPSA) is 76.2 Å². The number of ether oxygens (including phenoxy) is 1. The van der Waals surface area contributed by atoms with Crippen LogP contribution in [0.2, 0.25) is 5.02 Å². The van der Waals surface area contributed by atoms with Gasteiger partial charge in [-0.3, -0.25) is 10.1 Å². The van der Waals surface area contributed by atoms with E-state index in [1.165, 1.54) is 30.3 Å². The molecule has 0 N–H and O–H groups in total. The highest BCUT2D eigenvalue weighted by atomic mass is 79.9. The Morgan fingerprint density at radius 1 is 1.38 bits per heavy atom. The van der Waals surface area contributed by atoms with Gasteiger partial charge in [0.05, 0.1) is 20.0 Å². The van der Waals surface area contributed by atoms with Gasteiger partial charge in [-0.2, -0.15) is 5.26 Å². The van der Waals surface area contributed by atoms with E-state index in [0.717, 1.165) is 0 Å². The Hall–Kier alpha value is -2.17. The van der Waals surface area contributed by atoms with Crippen LogP contribution >= 0.6 is 27.5 Å². The normalized spacial score (nSPS) is 10.0. The third-order valence-corrected chi connectivity index (χ3v) is 3.60. The summed E-state index contributed by atoms with van der Waals surface area (Å²) >= 11 is 8.78. The second-order valence-corrected chi connectivity index (χ2v) is 5.00. The Morgan fingerprint density at radius 2 is 2.10 bits per heavy atom. The maximum Gasteiger partial charge on any atom is 0.313 e. The van der Waals surface area contributed by atoms with E-state index < -0.39 is 10.7 Å². The number of nitro benzene ring substituents is 1. The van der Waals surface area contributed by atoms with Crippen LogP contribution in [0.4, 0.5) is 10.1 Å². The number of rotatable bonds is 3. The fourth-order valence-electron chi connectivity index (χ4n) is 1.55. The maximum absolute atomic E-state index is 14.1. The zero-order chi connectivity index (χ0) is 15.6. The maximum atomic E-state index is 14.1. The molecule has 2 rings (SSSR count). The lowest BCUT2D eigenvalue weighted by atomic mass is 10.2. The molecule has 0 fully saturated rings. The standard InChI is InChI=1S/C13H5BrClFN2O3/c14-11-7(6-17)4-5-10(12(11)16)21-13-8(15)2-1-3-9(13)18(19)20/h1-5H. The third-order valence-electron chi connectivity index (χ3n) is 2.52. The number of para-hydroxylation sites is 1. The zero-order valence-electron chi connectivity index (χ0n) is 10.1. The first-order valence-electron chi connectivity index (χ1n) is 5.44. The van der Waals surface area contributed by atoms with E-state index in [2.05, 4.69) is 15.9 Å². The van der Waals surface area contributed by atoms with Gasteiger partial charge in [0.25, 0.3) is 0 Å². The van der Waals surface area contributed by atoms with Crippen molar-refractivity contribution >= 4 is 33.2 Å². The van der Waals surface area contributed by atoms with Gasteiger partial charge in [-0.15, -0.1) is 0 Å². The minimum atomic E-state index is -0.844. The van der Waals surface area contributed by atoms with Crippen LogP contribution in [0.1, 0.15) is 5.56 Å². The summed E-state index contributed by atoms with van der Waals surface area (Å²) in [5.41, 5.74) is -0.309. The number of hydrogen-bond donors (Lipinski definition) is 0. The number of benzene rings is 2. The van der Waals surface area contributed by atoms with Crippen LogP contribution in [0.5, 0.6) is 11.5 Å². The highest BCUT2D eigenvalue weighted by Gasteiger charge is 2.21. The third kappa shape index (κ3) is 2.96. The van der Waals surface area contributed by atoms with Crippen LogP contribution in [0.3, 0.4) is 0 Å². The summed E-state index contributed by atoms with van der Waals surface area (Å²) in [6, 6.07) is 8.29. The predicted octanol–water partition coefficient (Wildman–Crippen LogP) is 4.81. The molecule has 0 atom stereocenters. The van der Waals surface area contributed by atoms with E-state index in [1.54, 1.807) is 6.07 Å². The Kier molecular flexibility index (Phi) is 4.40. The minimum Gasteiger partial charge on any atom is -0.445 e. The van der Waals surface area contributed by atoms with Gasteiger partial charge in [-0.05, 0) is 34.1 Å². The molecule has 2 aromatic rings. The molecule has 0 radical (unpaired) electrons. The predicted molar refractivity (Wildman–Crippen MR) is 77.0 cm³/mol. The molecule has 2 aromatic carbocycles. The van der Waals surface area contributed by atoms with Crippen molar-refractivity contribution in [2.24, 2.45) is 0 Å². The first kappa shape index (κ1) is 15.2. The molecule has 8 heteroatoms. The molecule has 106 valence electrons. The van der Waals surface area contributed by atoms with Crippen molar-refractivity contribution in [3.8, 4) is 17.6 Å². The molecule has 0 saturated heterocycles. The monoisotopic (exact) mass is 370 g/mol. The van der Waals surface area contributed by atoms with Gasteiger partial charge in [0.1, 0.15) is 6.07 Å². The molecule has 21 heavy (non-hydrogen) atoms. The minimum absolute atomic E-state index is 0.0240. The summed E-state index contributed by atoms with van der Waals surface area (Å²) in [5, 5.41) is 19.7. The van der Waals surface area contributed by atoms with E-state index in [4.69, 9.17) is 21.6 Å². The van der Waals surface area contributed by atoms with Gasteiger partial charge in [-0.1, -0.05) is 17.7 Å². The van der Waals surface area contributed by atoms with Gasteiger partial charge in [0.15, 0.2) is 11.6 Å². The molecule has 0 aromatic heterocycles. The Balaban J connectivity index is 2.52. The SMILES string of the molecule is N#Cc1ccc(Oc2c(Cl)cccc2[N+](=O)[O-])c(F)c1Br. The number of nitrogens with zero attached hydrogens (tertiary/aromatic N) is 2. The van der Waals surface area contributed by atoms with Gasteiger partial charge < -0.3 is 4.74 Å². The van der Waals surface area contributed by atoms with E-state index in [9.17, 15) is 14.5 Å². The number of hydrogen-bond acceptors (Lipinski definition) is 4. The molecule has 0 aliphatic carbocycles. The van der Waals surface area contributed by atoms with Crippen molar-refractivity contribution in [1.82, 2.24) is 0 Å². The van der Waals surface area contributed by atoms with Crippen LogP contribution in [0.25, 0.3) is 0 Å². The second kappa shape index (κ2) is 6.08. The summed E-state index contributed by atoms with van der Waals surface area (Å²) < 4.78 is 19.2. The van der Waals surface area contributed by atoms with Gasteiger partial charge in [-0.25, -0.2) is 4.39 Å². The summed E-state index contributed by atoms with van der Waals surface area (Å²) in [7, 11) is 0. The highest BCUT2D eigenvalue weighted by Crippen LogP contribution is 2.39. The van der Waals surface area contributed by atoms with Crippen molar-refractivity contribution in [3.05, 3.63) is 61.3 Å². The summed E-state index contributed by atoms with van der Waals surface area (Å²) in [6.45, 7) is 0. The lowest BCUT2D eigenvalue weighted by Crippen LogP contribution is -1.96. The van der Waals surface area contributed by atoms with Crippen LogP contribution < -0.4 is 4.74 Å². The first-order chi connectivity index (χ1) is 9.95. The van der Waals surface area contributed by atoms with Gasteiger partial charge in [0.2, 0.25) is 5.75 Å². The smallest absolute Gasteiger partial charge is 0.313 e. The van der Waals surface area contributed by atoms with Crippen molar-refractivity contribution in [1.29, 1.82) is 5.26 Å². The largest absolute Gasteiger partial charge is 0.445 e. The zero-order valence-corrected chi connectivity index (χ0v) is 12.5. The number of nitriles is 1. The molecule has 0 saturated carbocycles. The first-order valence-corrected chi connectivity index (χ1v) is 6.61. The molecule has 0 heterocycles. The average Bonchev–Trinajstić information content (AvgIpc) is 2.45. The molecule has 0 spiro atoms. The highest BCUT2D eigenvalue weighted by molar-refractivity contribution is 9.10. The fourth-order valence-corrected chi connectivity index (χ4v) is 2.17. The van der Waals surface area contributed by atoms with Crippen molar-refractivity contribution < 1.29 is 14.1 Å². The van der Waals surface area contributed by atoms with E-state index in [0.29, 0.717) is 0 Å². The van der Waals surface area contributed by atoms with Crippen LogP contribution in [-0.2, 0) is 0 Å². The Morgan fingerprint density at radius 3 is 2.71 bits per heavy atom. The lowest BCUT2D eigenvalue weighted by Gasteiger charge is -2.10. The van der Waals surface area contributed by atoms with E-state index in [-0.39, 0.29) is 32.2 Å². The summed E-state index contributed by atoms with van der Waals surface area (Å²) in [4.78, 5) is 10.3. The quantitative estimate of drug-likeness (QED) is 0.573. The summed E-state index contributed by atoms with van der Waals surface area (Å²) in [5.74, 6) is -1.39. The van der Waals surface area contributed by atoms with Crippen molar-refractivity contribution in [2.45, 2.75) is 0 Å². The lowest BCUT2D eigenvalue weighted by molar-refractivity contribution is -0.385.